The van der Waals surface area contributed by atoms with E-state index in [1.165, 1.54) is 6.08 Å². The van der Waals surface area contributed by atoms with Gasteiger partial charge in [0.15, 0.2) is 5.78 Å². The number of benzene rings is 1. The van der Waals surface area contributed by atoms with E-state index in [0.29, 0.717) is 11.3 Å². The van der Waals surface area contributed by atoms with Crippen molar-refractivity contribution >= 4 is 34.8 Å². The highest BCUT2D eigenvalue weighted by Crippen LogP contribution is 2.32. The number of nitrogens with zero attached hydrogens (tertiary/aromatic N) is 1. The van der Waals surface area contributed by atoms with E-state index >= 15 is 0 Å². The molecular formula is C17H13NO4S. The summed E-state index contributed by atoms with van der Waals surface area (Å²) in [5.41, 5.74) is 0.470. The van der Waals surface area contributed by atoms with Gasteiger partial charge in [-0.05, 0) is 30.8 Å². The van der Waals surface area contributed by atoms with Crippen LogP contribution in [0, 0.1) is 6.92 Å². The molecule has 5 nitrogen and oxygen atoms in total. The molecule has 0 unspecified atom stereocenters. The molecule has 0 radical (unpaired) electrons. The lowest BCUT2D eigenvalue weighted by molar-refractivity contribution is -0.122. The first-order chi connectivity index (χ1) is 11.0. The van der Waals surface area contributed by atoms with Gasteiger partial charge in [0.2, 0.25) is 0 Å². The maximum atomic E-state index is 12.3. The van der Waals surface area contributed by atoms with E-state index in [0.717, 1.165) is 22.4 Å². The highest BCUT2D eigenvalue weighted by molar-refractivity contribution is 8.18. The van der Waals surface area contributed by atoms with Crippen LogP contribution >= 0.6 is 11.8 Å². The Labute approximate surface area is 137 Å². The van der Waals surface area contributed by atoms with Crippen molar-refractivity contribution < 1.29 is 18.8 Å². The van der Waals surface area contributed by atoms with E-state index in [1.807, 2.05) is 0 Å². The number of aryl methyl sites for hydroxylation is 1. The van der Waals surface area contributed by atoms with Crippen LogP contribution in [0.5, 0.6) is 0 Å². The topological polar surface area (TPSA) is 67.6 Å². The molecule has 3 rings (SSSR count). The predicted octanol–water partition coefficient (Wildman–Crippen LogP) is 3.51. The SMILES string of the molecule is Cc1ccc(/C=C2/SC(=O)N(CC(=O)c3ccccc3)C2=O)o1. The van der Waals surface area contributed by atoms with Gasteiger partial charge in [-0.3, -0.25) is 19.3 Å². The van der Waals surface area contributed by atoms with Gasteiger partial charge in [0.1, 0.15) is 11.5 Å². The van der Waals surface area contributed by atoms with E-state index in [2.05, 4.69) is 0 Å². The van der Waals surface area contributed by atoms with Crippen LogP contribution in [-0.4, -0.2) is 28.4 Å². The standard InChI is InChI=1S/C17H13NO4S/c1-11-7-8-13(22-11)9-15-16(20)18(17(21)23-15)10-14(19)12-5-3-2-4-6-12/h2-9H,10H2,1H3/b15-9+. The fourth-order valence-electron chi connectivity index (χ4n) is 2.16. The Bertz CT molecular complexity index is 807. The normalized spacial score (nSPS) is 16.4. The third kappa shape index (κ3) is 3.27. The number of carbonyl (C=O) groups is 3. The number of Topliss-reactive ketones (excluding diaryl/α,β-unsaturated/α-hetero) is 1. The van der Waals surface area contributed by atoms with Crippen molar-refractivity contribution in [3.63, 3.8) is 0 Å². The molecule has 0 spiro atoms. The Balaban J connectivity index is 1.77. The van der Waals surface area contributed by atoms with Crippen molar-refractivity contribution in [3.05, 3.63) is 64.5 Å². The molecule has 1 aromatic carbocycles. The average Bonchev–Trinajstić information content (AvgIpc) is 3.07. The minimum atomic E-state index is -0.474. The lowest BCUT2D eigenvalue weighted by Crippen LogP contribution is -2.33. The first kappa shape index (κ1) is 15.3. The van der Waals surface area contributed by atoms with E-state index in [1.54, 1.807) is 49.4 Å². The van der Waals surface area contributed by atoms with E-state index < -0.39 is 11.1 Å². The number of carbonyl (C=O) groups excluding carboxylic acids is 3. The van der Waals surface area contributed by atoms with E-state index in [9.17, 15) is 14.4 Å². The molecule has 116 valence electrons. The molecule has 0 saturated carbocycles. The molecule has 2 heterocycles. The van der Waals surface area contributed by atoms with Gasteiger partial charge >= 0.3 is 0 Å². The molecule has 1 aliphatic rings. The molecule has 23 heavy (non-hydrogen) atoms. The molecule has 0 bridgehead atoms. The lowest BCUT2D eigenvalue weighted by atomic mass is 10.1. The van der Waals surface area contributed by atoms with Gasteiger partial charge in [0, 0.05) is 11.6 Å². The van der Waals surface area contributed by atoms with Crippen molar-refractivity contribution in [2.45, 2.75) is 6.92 Å². The number of hydrogen-bond donors (Lipinski definition) is 0. The number of hydrogen-bond acceptors (Lipinski definition) is 5. The van der Waals surface area contributed by atoms with Crippen LogP contribution in [0.25, 0.3) is 6.08 Å². The number of imide groups is 1. The summed E-state index contributed by atoms with van der Waals surface area (Å²) in [6.07, 6.45) is 1.52. The van der Waals surface area contributed by atoms with Crippen LogP contribution in [0.2, 0.25) is 0 Å². The Hall–Kier alpha value is -2.60. The predicted molar refractivity (Wildman–Crippen MR) is 86.9 cm³/mol. The monoisotopic (exact) mass is 327 g/mol. The minimum absolute atomic E-state index is 0.255. The number of ketones is 1. The van der Waals surface area contributed by atoms with Gasteiger partial charge in [-0.1, -0.05) is 30.3 Å². The number of thioether (sulfide) groups is 1. The smallest absolute Gasteiger partial charge is 0.293 e. The minimum Gasteiger partial charge on any atom is -0.462 e. The summed E-state index contributed by atoms with van der Waals surface area (Å²) in [7, 11) is 0. The summed E-state index contributed by atoms with van der Waals surface area (Å²) in [5.74, 6) is 0.471. The maximum absolute atomic E-state index is 12.3. The largest absolute Gasteiger partial charge is 0.462 e. The fourth-order valence-corrected chi connectivity index (χ4v) is 2.97. The molecule has 2 aromatic rings. The van der Waals surface area contributed by atoms with E-state index in [-0.39, 0.29) is 17.2 Å². The summed E-state index contributed by atoms with van der Waals surface area (Å²) in [5, 5.41) is -0.450. The summed E-state index contributed by atoms with van der Waals surface area (Å²) in [6, 6.07) is 12.1. The molecule has 0 aliphatic carbocycles. The van der Waals surface area contributed by atoms with Gasteiger partial charge in [0.05, 0.1) is 11.4 Å². The Morgan fingerprint density at radius 1 is 1.17 bits per heavy atom. The van der Waals surface area contributed by atoms with Crippen LogP contribution in [0.15, 0.2) is 51.8 Å². The maximum Gasteiger partial charge on any atom is 0.293 e. The molecule has 1 aromatic heterocycles. The lowest BCUT2D eigenvalue weighted by Gasteiger charge is -2.11. The Morgan fingerprint density at radius 3 is 2.57 bits per heavy atom. The van der Waals surface area contributed by atoms with Crippen LogP contribution in [0.4, 0.5) is 4.79 Å². The Kier molecular flexibility index (Phi) is 4.16. The van der Waals surface area contributed by atoms with Crippen molar-refractivity contribution in [1.82, 2.24) is 4.90 Å². The van der Waals surface area contributed by atoms with Crippen LogP contribution < -0.4 is 0 Å². The third-order valence-electron chi connectivity index (χ3n) is 3.31. The second-order valence-electron chi connectivity index (χ2n) is 5.01. The highest BCUT2D eigenvalue weighted by Gasteiger charge is 2.36. The van der Waals surface area contributed by atoms with Crippen molar-refractivity contribution in [3.8, 4) is 0 Å². The Morgan fingerprint density at radius 2 is 1.91 bits per heavy atom. The zero-order valence-corrected chi connectivity index (χ0v) is 13.1. The zero-order chi connectivity index (χ0) is 16.4. The molecule has 6 heteroatoms. The second kappa shape index (κ2) is 6.26. The molecule has 0 N–H and O–H groups in total. The summed E-state index contributed by atoms with van der Waals surface area (Å²) in [6.45, 7) is 1.53. The van der Waals surface area contributed by atoms with Gasteiger partial charge < -0.3 is 4.42 Å². The fraction of sp³-hybridized carbons (Fsp3) is 0.118. The number of rotatable bonds is 4. The highest BCUT2D eigenvalue weighted by atomic mass is 32.2. The number of amides is 2. The number of furan rings is 1. The molecule has 0 atom stereocenters. The van der Waals surface area contributed by atoms with Gasteiger partial charge in [0.25, 0.3) is 11.1 Å². The van der Waals surface area contributed by atoms with E-state index in [4.69, 9.17) is 4.42 Å². The van der Waals surface area contributed by atoms with Crippen molar-refractivity contribution in [2.24, 2.45) is 0 Å². The van der Waals surface area contributed by atoms with Crippen molar-refractivity contribution in [1.29, 1.82) is 0 Å². The summed E-state index contributed by atoms with van der Waals surface area (Å²) < 4.78 is 5.38. The van der Waals surface area contributed by atoms with Crippen molar-refractivity contribution in [2.75, 3.05) is 6.54 Å². The molecule has 1 aliphatic heterocycles. The first-order valence-corrected chi connectivity index (χ1v) is 7.76. The van der Waals surface area contributed by atoms with Gasteiger partial charge in [-0.15, -0.1) is 0 Å². The van der Waals surface area contributed by atoms with Gasteiger partial charge in [-0.2, -0.15) is 0 Å². The van der Waals surface area contributed by atoms with Crippen LogP contribution in [-0.2, 0) is 4.79 Å². The summed E-state index contributed by atoms with van der Waals surface area (Å²) >= 11 is 0.809. The quantitative estimate of drug-likeness (QED) is 0.635. The van der Waals surface area contributed by atoms with Gasteiger partial charge in [-0.25, -0.2) is 0 Å². The molecule has 2 amide bonds. The third-order valence-corrected chi connectivity index (χ3v) is 4.21. The summed E-state index contributed by atoms with van der Waals surface area (Å²) in [4.78, 5) is 37.7. The molecule has 1 fully saturated rings. The van der Waals surface area contributed by atoms with Crippen LogP contribution in [0.3, 0.4) is 0 Å². The molecule has 1 saturated heterocycles. The average molecular weight is 327 g/mol. The zero-order valence-electron chi connectivity index (χ0n) is 12.3. The first-order valence-electron chi connectivity index (χ1n) is 6.94. The van der Waals surface area contributed by atoms with Crippen LogP contribution in [0.1, 0.15) is 21.9 Å². The molecular weight excluding hydrogens is 314 g/mol. The second-order valence-corrected chi connectivity index (χ2v) is 6.00.